The average Bonchev–Trinajstić information content (AvgIpc) is 3.14. The minimum absolute atomic E-state index is 0.0707. The summed E-state index contributed by atoms with van der Waals surface area (Å²) in [7, 11) is 0. The van der Waals surface area contributed by atoms with Gasteiger partial charge in [0.1, 0.15) is 11.0 Å². The molecule has 0 atom stereocenters. The van der Waals surface area contributed by atoms with Crippen LogP contribution in [0.1, 0.15) is 0 Å². The van der Waals surface area contributed by atoms with Crippen LogP contribution < -0.4 is 0 Å². The minimum atomic E-state index is 0.0707. The van der Waals surface area contributed by atoms with Crippen molar-refractivity contribution in [3.63, 3.8) is 0 Å². The lowest BCUT2D eigenvalue weighted by Crippen LogP contribution is -1.86. The zero-order chi connectivity index (χ0) is 17.2. The van der Waals surface area contributed by atoms with E-state index in [1.807, 2.05) is 60.7 Å². The third-order valence-corrected chi connectivity index (χ3v) is 6.01. The molecular weight excluding hydrogens is 352 g/mol. The van der Waals surface area contributed by atoms with Gasteiger partial charge in [-0.1, -0.05) is 59.9 Å². The number of nitrogens with one attached hydrogen (secondary N) is 1. The maximum Gasteiger partial charge on any atom is 0.158 e. The third-order valence-electron chi connectivity index (χ3n) is 3.66. The molecule has 4 aromatic rings. The van der Waals surface area contributed by atoms with Crippen LogP contribution in [-0.4, -0.2) is 20.2 Å². The second-order valence-corrected chi connectivity index (χ2v) is 7.48. The number of rotatable bonds is 4. The van der Waals surface area contributed by atoms with E-state index in [4.69, 9.17) is 0 Å². The van der Waals surface area contributed by atoms with Crippen LogP contribution in [0.25, 0.3) is 11.0 Å². The quantitative estimate of drug-likeness (QED) is 0.429. The number of phenolic OH excluding ortho intramolecular Hbond substituents is 2. The molecule has 0 fully saturated rings. The van der Waals surface area contributed by atoms with Gasteiger partial charge in [-0.3, -0.25) is 0 Å². The van der Waals surface area contributed by atoms with Crippen LogP contribution >= 0.6 is 23.5 Å². The van der Waals surface area contributed by atoms with E-state index in [2.05, 4.69) is 9.97 Å². The van der Waals surface area contributed by atoms with Gasteiger partial charge >= 0.3 is 0 Å². The van der Waals surface area contributed by atoms with Crippen molar-refractivity contribution >= 4 is 34.6 Å². The van der Waals surface area contributed by atoms with Gasteiger partial charge in [0.2, 0.25) is 0 Å². The summed E-state index contributed by atoms with van der Waals surface area (Å²) >= 11 is 2.82. The van der Waals surface area contributed by atoms with Gasteiger partial charge in [0.25, 0.3) is 0 Å². The van der Waals surface area contributed by atoms with E-state index in [1.54, 1.807) is 0 Å². The Labute approximate surface area is 152 Å². The highest BCUT2D eigenvalue weighted by Gasteiger charge is 2.22. The lowest BCUT2D eigenvalue weighted by molar-refractivity contribution is 0.444. The van der Waals surface area contributed by atoms with Gasteiger partial charge in [0.15, 0.2) is 11.5 Å². The number of imidazole rings is 1. The molecule has 3 N–H and O–H groups in total. The summed E-state index contributed by atoms with van der Waals surface area (Å²) in [5.41, 5.74) is 0.807. The number of aromatic hydroxyl groups is 2. The zero-order valence-electron chi connectivity index (χ0n) is 13.0. The first-order chi connectivity index (χ1) is 12.2. The molecule has 4 nitrogen and oxygen atoms in total. The third kappa shape index (κ3) is 3.06. The Morgan fingerprint density at radius 2 is 1.24 bits per heavy atom. The lowest BCUT2D eigenvalue weighted by Gasteiger charge is -2.14. The second kappa shape index (κ2) is 6.74. The molecule has 4 rings (SSSR count). The molecule has 25 heavy (non-hydrogen) atoms. The maximum absolute atomic E-state index is 10.8. The van der Waals surface area contributed by atoms with Crippen molar-refractivity contribution in [3.05, 3.63) is 67.0 Å². The number of phenols is 2. The largest absolute Gasteiger partial charge is 0.505 e. The molecule has 3 aromatic carbocycles. The van der Waals surface area contributed by atoms with E-state index in [9.17, 15) is 10.2 Å². The van der Waals surface area contributed by atoms with Gasteiger partial charge in [-0.25, -0.2) is 4.98 Å². The van der Waals surface area contributed by atoms with Crippen molar-refractivity contribution in [1.29, 1.82) is 0 Å². The highest BCUT2D eigenvalue weighted by Crippen LogP contribution is 2.51. The Balaban J connectivity index is 1.88. The summed E-state index contributed by atoms with van der Waals surface area (Å²) in [6, 6.07) is 19.5. The van der Waals surface area contributed by atoms with Crippen molar-refractivity contribution < 1.29 is 10.2 Å². The summed E-state index contributed by atoms with van der Waals surface area (Å²) in [6.07, 6.45) is 1.47. The first-order valence-corrected chi connectivity index (χ1v) is 9.24. The smallest absolute Gasteiger partial charge is 0.158 e. The Morgan fingerprint density at radius 1 is 0.720 bits per heavy atom. The predicted molar refractivity (Wildman–Crippen MR) is 101 cm³/mol. The van der Waals surface area contributed by atoms with Gasteiger partial charge < -0.3 is 15.2 Å². The Kier molecular flexibility index (Phi) is 4.29. The SMILES string of the molecule is Oc1c(Sc2ccccc2)c(Sc2ccccc2)c(O)c2[nH]cnc12. The molecule has 0 aliphatic heterocycles. The van der Waals surface area contributed by atoms with Crippen LogP contribution in [0.15, 0.2) is 86.6 Å². The second-order valence-electron chi connectivity index (χ2n) is 5.31. The summed E-state index contributed by atoms with van der Waals surface area (Å²) in [5.74, 6) is 0.166. The van der Waals surface area contributed by atoms with Crippen molar-refractivity contribution in [2.75, 3.05) is 0 Å². The number of nitrogens with zero attached hydrogens (tertiary/aromatic N) is 1. The Bertz CT molecular complexity index is 936. The van der Waals surface area contributed by atoms with E-state index >= 15 is 0 Å². The Hall–Kier alpha value is -2.57. The van der Waals surface area contributed by atoms with E-state index in [0.29, 0.717) is 20.8 Å². The molecule has 0 amide bonds. The molecule has 6 heteroatoms. The number of aromatic amines is 1. The Morgan fingerprint density at radius 3 is 1.80 bits per heavy atom. The average molecular weight is 366 g/mol. The molecule has 0 unspecified atom stereocenters. The normalized spacial score (nSPS) is 11.0. The number of aromatic nitrogens is 2. The molecular formula is C19H14N2O2S2. The summed E-state index contributed by atoms with van der Waals surface area (Å²) in [6.45, 7) is 0. The van der Waals surface area contributed by atoms with Gasteiger partial charge in [-0.05, 0) is 24.3 Å². The van der Waals surface area contributed by atoms with Crippen LogP contribution in [0.3, 0.4) is 0 Å². The molecule has 0 spiro atoms. The first-order valence-electron chi connectivity index (χ1n) is 7.61. The first kappa shape index (κ1) is 15.9. The number of fused-ring (bicyclic) bond motifs is 1. The molecule has 1 aromatic heterocycles. The molecule has 0 bridgehead atoms. The number of hydrogen-bond acceptors (Lipinski definition) is 5. The van der Waals surface area contributed by atoms with Crippen LogP contribution in [0.5, 0.6) is 11.5 Å². The predicted octanol–water partition coefficient (Wildman–Crippen LogP) is 5.28. The van der Waals surface area contributed by atoms with Gasteiger partial charge in [-0.15, -0.1) is 0 Å². The van der Waals surface area contributed by atoms with Gasteiger partial charge in [0.05, 0.1) is 16.1 Å². The van der Waals surface area contributed by atoms with E-state index in [0.717, 1.165) is 9.79 Å². The molecule has 0 saturated carbocycles. The fourth-order valence-electron chi connectivity index (χ4n) is 2.49. The molecule has 1 heterocycles. The van der Waals surface area contributed by atoms with Gasteiger partial charge in [0, 0.05) is 9.79 Å². The fraction of sp³-hybridized carbons (Fsp3) is 0. The number of hydrogen-bond donors (Lipinski definition) is 3. The van der Waals surface area contributed by atoms with Crippen LogP contribution in [-0.2, 0) is 0 Å². The van der Waals surface area contributed by atoms with E-state index in [-0.39, 0.29) is 11.5 Å². The molecule has 124 valence electrons. The number of benzene rings is 3. The molecule has 0 aliphatic carbocycles. The molecule has 0 saturated heterocycles. The topological polar surface area (TPSA) is 69.1 Å². The van der Waals surface area contributed by atoms with Crippen LogP contribution in [0, 0.1) is 0 Å². The van der Waals surface area contributed by atoms with Crippen molar-refractivity contribution in [2.24, 2.45) is 0 Å². The summed E-state index contributed by atoms with van der Waals surface area (Å²) in [5, 5.41) is 21.5. The highest BCUT2D eigenvalue weighted by atomic mass is 32.2. The van der Waals surface area contributed by atoms with E-state index < -0.39 is 0 Å². The molecule has 0 aliphatic rings. The summed E-state index contributed by atoms with van der Waals surface area (Å²) < 4.78 is 0. The molecule has 0 radical (unpaired) electrons. The van der Waals surface area contributed by atoms with Crippen molar-refractivity contribution in [3.8, 4) is 11.5 Å². The fourth-order valence-corrected chi connectivity index (χ4v) is 4.57. The van der Waals surface area contributed by atoms with E-state index in [1.165, 1.54) is 29.9 Å². The number of H-pyrrole nitrogens is 1. The lowest BCUT2D eigenvalue weighted by atomic mass is 10.2. The van der Waals surface area contributed by atoms with Crippen LogP contribution in [0.4, 0.5) is 0 Å². The minimum Gasteiger partial charge on any atom is -0.505 e. The maximum atomic E-state index is 10.8. The van der Waals surface area contributed by atoms with Crippen LogP contribution in [0.2, 0.25) is 0 Å². The zero-order valence-corrected chi connectivity index (χ0v) is 14.6. The standard InChI is InChI=1S/C19H14N2O2S2/c22-16-14-15(21-11-20-14)17(23)19(25-13-9-5-2-6-10-13)18(16)24-12-7-3-1-4-8-12/h1-11,22-23H,(H,20,21). The monoisotopic (exact) mass is 366 g/mol. The summed E-state index contributed by atoms with van der Waals surface area (Å²) in [4.78, 5) is 10.2. The highest BCUT2D eigenvalue weighted by molar-refractivity contribution is 8.02. The van der Waals surface area contributed by atoms with Gasteiger partial charge in [-0.2, -0.15) is 0 Å². The van der Waals surface area contributed by atoms with Crippen molar-refractivity contribution in [2.45, 2.75) is 19.6 Å². The van der Waals surface area contributed by atoms with Crippen molar-refractivity contribution in [1.82, 2.24) is 9.97 Å².